The van der Waals surface area contributed by atoms with Crippen molar-refractivity contribution in [2.24, 2.45) is 5.92 Å². The van der Waals surface area contributed by atoms with Gasteiger partial charge in [0.25, 0.3) is 0 Å². The molecule has 18 heavy (non-hydrogen) atoms. The molecule has 0 radical (unpaired) electrons. The first kappa shape index (κ1) is 16.7. The molecule has 5 heteroatoms. The fraction of sp³-hybridized carbons (Fsp3) is 0.846. The zero-order valence-corrected chi connectivity index (χ0v) is 11.6. The summed E-state index contributed by atoms with van der Waals surface area (Å²) >= 11 is 0. The lowest BCUT2D eigenvalue weighted by Gasteiger charge is -2.14. The Morgan fingerprint density at radius 2 is 1.61 bits per heavy atom. The molecule has 0 N–H and O–H groups in total. The van der Waals surface area contributed by atoms with Gasteiger partial charge in [-0.25, -0.2) is 4.79 Å². The van der Waals surface area contributed by atoms with Gasteiger partial charge in [0.15, 0.2) is 0 Å². The van der Waals surface area contributed by atoms with E-state index in [1.165, 1.54) is 0 Å². The molecular weight excluding hydrogens is 236 g/mol. The molecule has 0 saturated heterocycles. The maximum Gasteiger partial charge on any atom is 0.508 e. The fourth-order valence-electron chi connectivity index (χ4n) is 1.63. The number of hydrogen-bond acceptors (Lipinski definition) is 5. The monoisotopic (exact) mass is 260 g/mol. The van der Waals surface area contributed by atoms with Crippen LogP contribution in [0.4, 0.5) is 4.79 Å². The molecule has 0 aliphatic heterocycles. The molecule has 0 aromatic carbocycles. The normalized spacial score (nSPS) is 11.7. The maximum atomic E-state index is 11.6. The molecular formula is C13H24O5. The fourth-order valence-corrected chi connectivity index (χ4v) is 1.63. The van der Waals surface area contributed by atoms with Crippen LogP contribution in [0, 0.1) is 5.92 Å². The number of carbonyl (C=O) groups is 2. The summed E-state index contributed by atoms with van der Waals surface area (Å²) in [5, 5.41) is 0. The van der Waals surface area contributed by atoms with Crippen molar-refractivity contribution in [3.05, 3.63) is 0 Å². The summed E-state index contributed by atoms with van der Waals surface area (Å²) in [5.41, 5.74) is 0. The van der Waals surface area contributed by atoms with Crippen LogP contribution in [0.1, 0.15) is 46.5 Å². The molecule has 0 rings (SSSR count). The Balaban J connectivity index is 3.83. The van der Waals surface area contributed by atoms with E-state index in [-0.39, 0.29) is 18.5 Å². The highest BCUT2D eigenvalue weighted by Gasteiger charge is 2.18. The largest absolute Gasteiger partial charge is 0.508 e. The van der Waals surface area contributed by atoms with E-state index >= 15 is 0 Å². The minimum atomic E-state index is -0.652. The van der Waals surface area contributed by atoms with Crippen molar-refractivity contribution in [1.29, 1.82) is 0 Å². The molecule has 1 atom stereocenters. The van der Waals surface area contributed by atoms with E-state index in [1.54, 1.807) is 13.8 Å². The highest BCUT2D eigenvalue weighted by molar-refractivity contribution is 5.72. The molecule has 0 saturated carbocycles. The molecule has 0 fully saturated rings. The lowest BCUT2D eigenvalue weighted by molar-refractivity contribution is -0.148. The number of ether oxygens (including phenoxy) is 3. The quantitative estimate of drug-likeness (QED) is 0.471. The second kappa shape index (κ2) is 10.9. The van der Waals surface area contributed by atoms with Gasteiger partial charge < -0.3 is 14.2 Å². The summed E-state index contributed by atoms with van der Waals surface area (Å²) in [6, 6.07) is 0. The Labute approximate surface area is 109 Å². The number of hydrogen-bond donors (Lipinski definition) is 0. The Kier molecular flexibility index (Phi) is 10.1. The lowest BCUT2D eigenvalue weighted by Crippen LogP contribution is -2.18. The van der Waals surface area contributed by atoms with Gasteiger partial charge in [0, 0.05) is 0 Å². The lowest BCUT2D eigenvalue weighted by atomic mass is 9.98. The number of carbonyl (C=O) groups excluding carboxylic acids is 2. The Bertz CT molecular complexity index is 240. The predicted octanol–water partition coefficient (Wildman–Crippen LogP) is 2.92. The van der Waals surface area contributed by atoms with Crippen LogP contribution in [-0.4, -0.2) is 31.9 Å². The third kappa shape index (κ3) is 7.92. The molecule has 1 unspecified atom stereocenters. The van der Waals surface area contributed by atoms with E-state index in [1.807, 2.05) is 6.92 Å². The number of rotatable bonds is 9. The first-order chi connectivity index (χ1) is 8.65. The Morgan fingerprint density at radius 3 is 2.17 bits per heavy atom. The molecule has 0 bridgehead atoms. The average Bonchev–Trinajstić information content (AvgIpc) is 2.33. The zero-order valence-electron chi connectivity index (χ0n) is 11.6. The maximum absolute atomic E-state index is 11.6. The SMILES string of the molecule is CCCC(CCCOC(=O)OCC)C(=O)OCC. The van der Waals surface area contributed by atoms with Gasteiger partial charge in [-0.3, -0.25) is 4.79 Å². The van der Waals surface area contributed by atoms with E-state index in [4.69, 9.17) is 9.47 Å². The first-order valence-electron chi connectivity index (χ1n) is 6.61. The Hall–Kier alpha value is -1.26. The van der Waals surface area contributed by atoms with E-state index in [0.717, 1.165) is 12.8 Å². The van der Waals surface area contributed by atoms with Crippen molar-refractivity contribution >= 4 is 12.1 Å². The van der Waals surface area contributed by atoms with Gasteiger partial charge in [0.1, 0.15) is 0 Å². The summed E-state index contributed by atoms with van der Waals surface area (Å²) < 4.78 is 14.5. The second-order valence-corrected chi connectivity index (χ2v) is 3.91. The number of esters is 1. The van der Waals surface area contributed by atoms with Crippen LogP contribution in [0.15, 0.2) is 0 Å². The van der Waals surface area contributed by atoms with Crippen LogP contribution in [0.3, 0.4) is 0 Å². The minimum absolute atomic E-state index is 0.0965. The minimum Gasteiger partial charge on any atom is -0.466 e. The van der Waals surface area contributed by atoms with Crippen molar-refractivity contribution in [1.82, 2.24) is 0 Å². The van der Waals surface area contributed by atoms with Crippen LogP contribution in [0.25, 0.3) is 0 Å². The third-order valence-corrected chi connectivity index (χ3v) is 2.44. The van der Waals surface area contributed by atoms with E-state index < -0.39 is 6.16 Å². The van der Waals surface area contributed by atoms with Crippen LogP contribution in [-0.2, 0) is 19.0 Å². The molecule has 106 valence electrons. The zero-order chi connectivity index (χ0) is 13.8. The highest BCUT2D eigenvalue weighted by atomic mass is 16.7. The molecule has 5 nitrogen and oxygen atoms in total. The molecule has 0 aliphatic rings. The van der Waals surface area contributed by atoms with Crippen LogP contribution >= 0.6 is 0 Å². The van der Waals surface area contributed by atoms with Crippen LogP contribution in [0.2, 0.25) is 0 Å². The van der Waals surface area contributed by atoms with Crippen molar-refractivity contribution in [3.8, 4) is 0 Å². The van der Waals surface area contributed by atoms with Crippen molar-refractivity contribution in [2.45, 2.75) is 46.5 Å². The van der Waals surface area contributed by atoms with Gasteiger partial charge in [-0.15, -0.1) is 0 Å². The molecule has 0 amide bonds. The van der Waals surface area contributed by atoms with Gasteiger partial charge in [-0.05, 0) is 33.1 Å². The summed E-state index contributed by atoms with van der Waals surface area (Å²) in [5.74, 6) is -0.253. The summed E-state index contributed by atoms with van der Waals surface area (Å²) in [4.78, 5) is 22.5. The molecule has 0 aromatic rings. The smallest absolute Gasteiger partial charge is 0.466 e. The second-order valence-electron chi connectivity index (χ2n) is 3.91. The first-order valence-corrected chi connectivity index (χ1v) is 6.61. The van der Waals surface area contributed by atoms with E-state index in [0.29, 0.717) is 26.1 Å². The molecule has 0 spiro atoms. The Morgan fingerprint density at radius 1 is 0.944 bits per heavy atom. The van der Waals surface area contributed by atoms with Gasteiger partial charge in [0.2, 0.25) is 0 Å². The summed E-state index contributed by atoms with van der Waals surface area (Å²) in [6.45, 7) is 6.53. The van der Waals surface area contributed by atoms with Crippen LogP contribution in [0.5, 0.6) is 0 Å². The van der Waals surface area contributed by atoms with Crippen molar-refractivity contribution < 1.29 is 23.8 Å². The van der Waals surface area contributed by atoms with Crippen molar-refractivity contribution in [3.63, 3.8) is 0 Å². The topological polar surface area (TPSA) is 61.8 Å². The summed E-state index contributed by atoms with van der Waals surface area (Å²) in [6.07, 6.45) is 2.40. The van der Waals surface area contributed by atoms with Gasteiger partial charge in [-0.1, -0.05) is 13.3 Å². The summed E-state index contributed by atoms with van der Waals surface area (Å²) in [7, 11) is 0. The third-order valence-electron chi connectivity index (χ3n) is 2.44. The van der Waals surface area contributed by atoms with Crippen molar-refractivity contribution in [2.75, 3.05) is 19.8 Å². The average molecular weight is 260 g/mol. The standard InChI is InChI=1S/C13H24O5/c1-4-8-11(12(14)16-5-2)9-7-10-18-13(15)17-6-3/h11H,4-10H2,1-3H3. The van der Waals surface area contributed by atoms with Crippen LogP contribution < -0.4 is 0 Å². The van der Waals surface area contributed by atoms with Gasteiger partial charge in [-0.2, -0.15) is 0 Å². The molecule has 0 aliphatic carbocycles. The molecule has 0 aromatic heterocycles. The predicted molar refractivity (Wildman–Crippen MR) is 67.2 cm³/mol. The van der Waals surface area contributed by atoms with Gasteiger partial charge in [0.05, 0.1) is 25.7 Å². The van der Waals surface area contributed by atoms with E-state index in [2.05, 4.69) is 4.74 Å². The van der Waals surface area contributed by atoms with Gasteiger partial charge >= 0.3 is 12.1 Å². The highest BCUT2D eigenvalue weighted by Crippen LogP contribution is 2.15. The molecule has 0 heterocycles. The van der Waals surface area contributed by atoms with E-state index in [9.17, 15) is 9.59 Å².